The molecule has 86 valence electrons. The third-order valence-electron chi connectivity index (χ3n) is 2.83. The fourth-order valence-electron chi connectivity index (χ4n) is 1.98. The molecule has 0 unspecified atom stereocenters. The number of anilines is 2. The summed E-state index contributed by atoms with van der Waals surface area (Å²) in [6.07, 6.45) is 0. The first-order valence-corrected chi connectivity index (χ1v) is 5.68. The van der Waals surface area contributed by atoms with Gasteiger partial charge in [-0.05, 0) is 24.3 Å². The van der Waals surface area contributed by atoms with E-state index in [0.717, 1.165) is 11.4 Å². The normalized spacial score (nSPS) is 15.3. The van der Waals surface area contributed by atoms with Gasteiger partial charge in [0.2, 0.25) is 0 Å². The van der Waals surface area contributed by atoms with Crippen molar-refractivity contribution in [2.24, 2.45) is 0 Å². The first-order chi connectivity index (χ1) is 8.45. The van der Waals surface area contributed by atoms with Crippen molar-refractivity contribution in [1.29, 1.82) is 0 Å². The van der Waals surface area contributed by atoms with Gasteiger partial charge in [0, 0.05) is 0 Å². The molecule has 2 aromatic rings. The molecule has 3 rings (SSSR count). The Kier molecular flexibility index (Phi) is 2.68. The van der Waals surface area contributed by atoms with E-state index >= 15 is 0 Å². The molecular formula is C14H14N2O. The van der Waals surface area contributed by atoms with Gasteiger partial charge >= 0.3 is 0 Å². The minimum absolute atomic E-state index is 0.596. The minimum atomic E-state index is 0.596. The Bertz CT molecular complexity index is 427. The summed E-state index contributed by atoms with van der Waals surface area (Å²) in [5.41, 5.74) is 2.29. The first kappa shape index (κ1) is 10.2. The SMILES string of the molecule is c1ccc(N2COCN2c2ccccc2)cc1. The molecule has 3 nitrogen and oxygen atoms in total. The zero-order valence-electron chi connectivity index (χ0n) is 9.49. The van der Waals surface area contributed by atoms with Crippen LogP contribution < -0.4 is 10.0 Å². The summed E-state index contributed by atoms with van der Waals surface area (Å²) in [5.74, 6) is 0. The molecule has 17 heavy (non-hydrogen) atoms. The Morgan fingerprint density at radius 1 is 0.647 bits per heavy atom. The van der Waals surface area contributed by atoms with E-state index in [9.17, 15) is 0 Å². The average molecular weight is 226 g/mol. The largest absolute Gasteiger partial charge is 0.337 e. The molecule has 0 radical (unpaired) electrons. The molecule has 0 aliphatic carbocycles. The van der Waals surface area contributed by atoms with Crippen molar-refractivity contribution in [1.82, 2.24) is 0 Å². The molecular weight excluding hydrogens is 212 g/mol. The Morgan fingerprint density at radius 3 is 1.47 bits per heavy atom. The summed E-state index contributed by atoms with van der Waals surface area (Å²) >= 11 is 0. The summed E-state index contributed by atoms with van der Waals surface area (Å²) in [4.78, 5) is 0. The van der Waals surface area contributed by atoms with E-state index in [-0.39, 0.29) is 0 Å². The van der Waals surface area contributed by atoms with Gasteiger partial charge in [-0.1, -0.05) is 36.4 Å². The molecule has 1 fully saturated rings. The van der Waals surface area contributed by atoms with Crippen molar-refractivity contribution in [3.05, 3.63) is 60.7 Å². The molecule has 0 amide bonds. The topological polar surface area (TPSA) is 15.7 Å². The molecule has 0 bridgehead atoms. The van der Waals surface area contributed by atoms with E-state index < -0.39 is 0 Å². The number of nitrogens with zero attached hydrogens (tertiary/aromatic N) is 2. The number of ether oxygens (including phenoxy) is 1. The summed E-state index contributed by atoms with van der Waals surface area (Å²) < 4.78 is 5.53. The lowest BCUT2D eigenvalue weighted by Gasteiger charge is -2.28. The predicted molar refractivity (Wildman–Crippen MR) is 68.7 cm³/mol. The maximum Gasteiger partial charge on any atom is 0.140 e. The number of hydrogen-bond acceptors (Lipinski definition) is 3. The van der Waals surface area contributed by atoms with Gasteiger partial charge in [-0.3, -0.25) is 10.0 Å². The third-order valence-corrected chi connectivity index (χ3v) is 2.83. The third kappa shape index (κ3) is 1.97. The molecule has 2 aromatic carbocycles. The van der Waals surface area contributed by atoms with Gasteiger partial charge < -0.3 is 4.74 Å². The van der Waals surface area contributed by atoms with Crippen LogP contribution in [-0.4, -0.2) is 13.5 Å². The monoisotopic (exact) mass is 226 g/mol. The van der Waals surface area contributed by atoms with Gasteiger partial charge in [-0.25, -0.2) is 0 Å². The number of rotatable bonds is 2. The highest BCUT2D eigenvalue weighted by Crippen LogP contribution is 2.25. The van der Waals surface area contributed by atoms with Gasteiger partial charge in [0.05, 0.1) is 11.4 Å². The molecule has 0 spiro atoms. The maximum atomic E-state index is 5.53. The van der Waals surface area contributed by atoms with Crippen LogP contribution in [0.5, 0.6) is 0 Å². The van der Waals surface area contributed by atoms with E-state index in [1.54, 1.807) is 0 Å². The Hall–Kier alpha value is -2.00. The predicted octanol–water partition coefficient (Wildman–Crippen LogP) is 2.86. The summed E-state index contributed by atoms with van der Waals surface area (Å²) in [6.45, 7) is 1.19. The smallest absolute Gasteiger partial charge is 0.140 e. The van der Waals surface area contributed by atoms with E-state index in [1.807, 2.05) is 36.4 Å². The average Bonchev–Trinajstić information content (AvgIpc) is 2.90. The van der Waals surface area contributed by atoms with E-state index in [2.05, 4.69) is 34.3 Å². The quantitative estimate of drug-likeness (QED) is 0.783. The number of hydrazine groups is 1. The molecule has 1 aliphatic heterocycles. The molecule has 0 N–H and O–H groups in total. The molecule has 1 aliphatic rings. The van der Waals surface area contributed by atoms with Crippen molar-refractivity contribution in [3.63, 3.8) is 0 Å². The van der Waals surface area contributed by atoms with Crippen LogP contribution in [-0.2, 0) is 4.74 Å². The highest BCUT2D eigenvalue weighted by molar-refractivity contribution is 5.57. The van der Waals surface area contributed by atoms with Crippen LogP contribution in [0.3, 0.4) is 0 Å². The van der Waals surface area contributed by atoms with E-state index in [4.69, 9.17) is 4.74 Å². The van der Waals surface area contributed by atoms with E-state index in [1.165, 1.54) is 0 Å². The first-order valence-electron chi connectivity index (χ1n) is 5.68. The second-order valence-electron chi connectivity index (χ2n) is 3.93. The van der Waals surface area contributed by atoms with Crippen LogP contribution in [0.1, 0.15) is 0 Å². The minimum Gasteiger partial charge on any atom is -0.337 e. The second-order valence-corrected chi connectivity index (χ2v) is 3.93. The molecule has 1 saturated heterocycles. The van der Waals surface area contributed by atoms with Crippen LogP contribution in [0.15, 0.2) is 60.7 Å². The Morgan fingerprint density at radius 2 is 1.06 bits per heavy atom. The maximum absolute atomic E-state index is 5.53. The zero-order valence-corrected chi connectivity index (χ0v) is 9.49. The Balaban J connectivity index is 1.91. The van der Waals surface area contributed by atoms with Crippen LogP contribution in [0.2, 0.25) is 0 Å². The zero-order chi connectivity index (χ0) is 11.5. The van der Waals surface area contributed by atoms with Crippen molar-refractivity contribution >= 4 is 11.4 Å². The second kappa shape index (κ2) is 4.47. The van der Waals surface area contributed by atoms with Crippen LogP contribution in [0, 0.1) is 0 Å². The van der Waals surface area contributed by atoms with Crippen molar-refractivity contribution in [2.45, 2.75) is 0 Å². The summed E-state index contributed by atoms with van der Waals surface area (Å²) in [5, 5.41) is 4.27. The Labute approximate surface area is 101 Å². The van der Waals surface area contributed by atoms with Gasteiger partial charge in [0.15, 0.2) is 0 Å². The van der Waals surface area contributed by atoms with Gasteiger partial charge in [-0.2, -0.15) is 0 Å². The molecule has 1 heterocycles. The van der Waals surface area contributed by atoms with Crippen molar-refractivity contribution in [3.8, 4) is 0 Å². The van der Waals surface area contributed by atoms with E-state index in [0.29, 0.717) is 13.5 Å². The molecule has 0 aromatic heterocycles. The fraction of sp³-hybridized carbons (Fsp3) is 0.143. The van der Waals surface area contributed by atoms with Gasteiger partial charge in [-0.15, -0.1) is 0 Å². The standard InChI is InChI=1S/C14H14N2O/c1-3-7-13(8-4-1)15-11-17-12-16(15)14-9-5-2-6-10-14/h1-10H,11-12H2. The lowest BCUT2D eigenvalue weighted by molar-refractivity contribution is 0.198. The fourth-order valence-corrected chi connectivity index (χ4v) is 1.98. The lowest BCUT2D eigenvalue weighted by atomic mass is 10.3. The van der Waals surface area contributed by atoms with Crippen LogP contribution in [0.25, 0.3) is 0 Å². The van der Waals surface area contributed by atoms with Gasteiger partial charge in [0.25, 0.3) is 0 Å². The number of benzene rings is 2. The molecule has 0 atom stereocenters. The highest BCUT2D eigenvalue weighted by atomic mass is 16.5. The number of para-hydroxylation sites is 2. The van der Waals surface area contributed by atoms with Crippen molar-refractivity contribution in [2.75, 3.05) is 23.5 Å². The molecule has 3 heteroatoms. The number of hydrogen-bond donors (Lipinski definition) is 0. The van der Waals surface area contributed by atoms with Crippen LogP contribution >= 0.6 is 0 Å². The summed E-state index contributed by atoms with van der Waals surface area (Å²) in [7, 11) is 0. The van der Waals surface area contributed by atoms with Crippen molar-refractivity contribution < 1.29 is 4.74 Å². The summed E-state index contributed by atoms with van der Waals surface area (Å²) in [6, 6.07) is 20.5. The highest BCUT2D eigenvalue weighted by Gasteiger charge is 2.22. The van der Waals surface area contributed by atoms with Gasteiger partial charge in [0.1, 0.15) is 13.5 Å². The lowest BCUT2D eigenvalue weighted by Crippen LogP contribution is -2.36. The molecule has 0 saturated carbocycles. The van der Waals surface area contributed by atoms with Crippen LogP contribution in [0.4, 0.5) is 11.4 Å².